The first-order chi connectivity index (χ1) is 9.39. The zero-order valence-electron chi connectivity index (χ0n) is 11.0. The van der Waals surface area contributed by atoms with Crippen LogP contribution in [0.1, 0.15) is 12.5 Å². The molecule has 1 aromatic rings. The predicted octanol–water partition coefficient (Wildman–Crippen LogP) is 4.51. The van der Waals surface area contributed by atoms with Gasteiger partial charge in [0.15, 0.2) is 0 Å². The van der Waals surface area contributed by atoms with Crippen LogP contribution in [-0.4, -0.2) is 22.4 Å². The lowest BCUT2D eigenvalue weighted by Crippen LogP contribution is -2.24. The lowest BCUT2D eigenvalue weighted by atomic mass is 10.2. The molecule has 1 N–H and O–H groups in total. The zero-order valence-corrected chi connectivity index (χ0v) is 13.3. The van der Waals surface area contributed by atoms with E-state index < -0.39 is 9.69 Å². The summed E-state index contributed by atoms with van der Waals surface area (Å²) in [5.74, 6) is -0.398. The SMILES string of the molecule is C[C@H](/C=C\COCc1ccccc1)OC(=N)C(Cl)(Cl)Cl. The Balaban J connectivity index is 2.23. The van der Waals surface area contributed by atoms with Gasteiger partial charge in [0.2, 0.25) is 5.90 Å². The minimum Gasteiger partial charge on any atom is -0.471 e. The summed E-state index contributed by atoms with van der Waals surface area (Å²) >= 11 is 16.5. The molecule has 3 nitrogen and oxygen atoms in total. The maximum absolute atomic E-state index is 7.42. The topological polar surface area (TPSA) is 42.3 Å². The van der Waals surface area contributed by atoms with E-state index in [-0.39, 0.29) is 6.10 Å². The van der Waals surface area contributed by atoms with Gasteiger partial charge in [0.05, 0.1) is 13.2 Å². The van der Waals surface area contributed by atoms with Gasteiger partial charge in [-0.1, -0.05) is 71.2 Å². The molecule has 0 heterocycles. The molecule has 0 fully saturated rings. The molecule has 0 amide bonds. The highest BCUT2D eigenvalue weighted by Gasteiger charge is 2.29. The van der Waals surface area contributed by atoms with E-state index >= 15 is 0 Å². The second-order valence-corrected chi connectivity index (χ2v) is 6.36. The van der Waals surface area contributed by atoms with Crippen molar-refractivity contribution in [1.82, 2.24) is 0 Å². The number of hydrogen-bond acceptors (Lipinski definition) is 3. The van der Waals surface area contributed by atoms with Gasteiger partial charge in [-0.05, 0) is 18.6 Å². The van der Waals surface area contributed by atoms with Crippen LogP contribution < -0.4 is 0 Å². The summed E-state index contributed by atoms with van der Waals surface area (Å²) in [6, 6.07) is 9.89. The lowest BCUT2D eigenvalue weighted by Gasteiger charge is -2.16. The Morgan fingerprint density at radius 2 is 1.95 bits per heavy atom. The maximum Gasteiger partial charge on any atom is 0.265 e. The Kier molecular flexibility index (Phi) is 7.38. The van der Waals surface area contributed by atoms with E-state index in [0.29, 0.717) is 13.2 Å². The second kappa shape index (κ2) is 8.53. The molecule has 0 spiro atoms. The van der Waals surface area contributed by atoms with Crippen LogP contribution in [0.2, 0.25) is 0 Å². The molecule has 1 aromatic carbocycles. The van der Waals surface area contributed by atoms with Gasteiger partial charge in [-0.15, -0.1) is 0 Å². The van der Waals surface area contributed by atoms with Crippen LogP contribution in [0.25, 0.3) is 0 Å². The van der Waals surface area contributed by atoms with Crippen molar-refractivity contribution in [2.24, 2.45) is 0 Å². The summed E-state index contributed by atoms with van der Waals surface area (Å²) in [5, 5.41) is 7.42. The fraction of sp³-hybridized carbons (Fsp3) is 0.357. The van der Waals surface area contributed by atoms with E-state index in [1.165, 1.54) is 0 Å². The molecule has 0 bridgehead atoms. The van der Waals surface area contributed by atoms with Gasteiger partial charge in [-0.25, -0.2) is 0 Å². The van der Waals surface area contributed by atoms with Gasteiger partial charge < -0.3 is 9.47 Å². The third kappa shape index (κ3) is 7.15. The minimum atomic E-state index is -1.83. The van der Waals surface area contributed by atoms with Crippen LogP contribution in [-0.2, 0) is 16.1 Å². The van der Waals surface area contributed by atoms with E-state index in [9.17, 15) is 0 Å². The van der Waals surface area contributed by atoms with Crippen molar-refractivity contribution in [2.45, 2.75) is 23.4 Å². The highest BCUT2D eigenvalue weighted by Crippen LogP contribution is 2.28. The standard InChI is InChI=1S/C14H16Cl3NO2/c1-11(20-13(18)14(15,16)17)6-5-9-19-10-12-7-3-2-4-8-12/h2-8,11,18H,9-10H2,1H3/b6-5-,18-13?/t11-/m1/s1. The minimum absolute atomic E-state index is 0.363. The Labute approximate surface area is 133 Å². The van der Waals surface area contributed by atoms with Crippen LogP contribution in [0.3, 0.4) is 0 Å². The monoisotopic (exact) mass is 335 g/mol. The van der Waals surface area contributed by atoms with Crippen molar-refractivity contribution >= 4 is 40.7 Å². The number of halogens is 3. The summed E-state index contributed by atoms with van der Waals surface area (Å²) in [4.78, 5) is 0. The van der Waals surface area contributed by atoms with Gasteiger partial charge in [0.25, 0.3) is 3.79 Å². The van der Waals surface area contributed by atoms with Gasteiger partial charge in [-0.2, -0.15) is 0 Å². The summed E-state index contributed by atoms with van der Waals surface area (Å²) in [7, 11) is 0. The molecular formula is C14H16Cl3NO2. The fourth-order valence-corrected chi connectivity index (χ4v) is 1.49. The molecule has 20 heavy (non-hydrogen) atoms. The highest BCUT2D eigenvalue weighted by molar-refractivity contribution is 6.76. The first kappa shape index (κ1) is 17.3. The smallest absolute Gasteiger partial charge is 0.265 e. The van der Waals surface area contributed by atoms with Gasteiger partial charge in [0, 0.05) is 0 Å². The normalized spacial score (nSPS) is 13.4. The summed E-state index contributed by atoms with van der Waals surface area (Å²) in [6.07, 6.45) is 3.19. The second-order valence-electron chi connectivity index (χ2n) is 4.08. The molecule has 0 unspecified atom stereocenters. The van der Waals surface area contributed by atoms with E-state index in [4.69, 9.17) is 49.7 Å². The van der Waals surface area contributed by atoms with Crippen molar-refractivity contribution in [3.8, 4) is 0 Å². The van der Waals surface area contributed by atoms with Crippen LogP contribution in [0.4, 0.5) is 0 Å². The van der Waals surface area contributed by atoms with Crippen molar-refractivity contribution in [3.63, 3.8) is 0 Å². The number of nitrogens with one attached hydrogen (secondary N) is 1. The summed E-state index contributed by atoms with van der Waals surface area (Å²) < 4.78 is 8.77. The summed E-state index contributed by atoms with van der Waals surface area (Å²) in [5.41, 5.74) is 1.11. The van der Waals surface area contributed by atoms with Crippen molar-refractivity contribution in [2.75, 3.05) is 6.61 Å². The average Bonchev–Trinajstić information content (AvgIpc) is 2.38. The first-order valence-corrected chi connectivity index (χ1v) is 7.13. The van der Waals surface area contributed by atoms with Crippen molar-refractivity contribution in [1.29, 1.82) is 5.41 Å². The van der Waals surface area contributed by atoms with E-state index in [0.717, 1.165) is 5.56 Å². The van der Waals surface area contributed by atoms with Crippen LogP contribution in [0.15, 0.2) is 42.5 Å². The number of hydrogen-bond donors (Lipinski definition) is 1. The molecule has 0 radical (unpaired) electrons. The van der Waals surface area contributed by atoms with E-state index in [1.54, 1.807) is 19.1 Å². The molecule has 0 aromatic heterocycles. The molecule has 0 aliphatic rings. The Bertz CT molecular complexity index is 443. The third-order valence-corrected chi connectivity index (χ3v) is 2.81. The average molecular weight is 337 g/mol. The Morgan fingerprint density at radius 1 is 1.30 bits per heavy atom. The highest BCUT2D eigenvalue weighted by atomic mass is 35.6. The van der Waals surface area contributed by atoms with E-state index in [2.05, 4.69) is 0 Å². The predicted molar refractivity (Wildman–Crippen MR) is 83.8 cm³/mol. The van der Waals surface area contributed by atoms with E-state index in [1.807, 2.05) is 30.3 Å². The van der Waals surface area contributed by atoms with Crippen molar-refractivity contribution < 1.29 is 9.47 Å². The van der Waals surface area contributed by atoms with Crippen LogP contribution >= 0.6 is 34.8 Å². The molecule has 1 rings (SSSR count). The molecular weight excluding hydrogens is 321 g/mol. The molecule has 1 atom stereocenters. The third-order valence-electron chi connectivity index (χ3n) is 2.29. The number of benzene rings is 1. The number of rotatable bonds is 6. The maximum atomic E-state index is 7.42. The number of alkyl halides is 3. The number of ether oxygens (including phenoxy) is 2. The molecule has 6 heteroatoms. The van der Waals surface area contributed by atoms with Gasteiger partial charge in [0.1, 0.15) is 6.10 Å². The van der Waals surface area contributed by atoms with Crippen LogP contribution in [0.5, 0.6) is 0 Å². The first-order valence-electron chi connectivity index (χ1n) is 6.00. The quantitative estimate of drug-likeness (QED) is 0.273. The molecule has 0 aliphatic heterocycles. The molecule has 0 saturated carbocycles. The van der Waals surface area contributed by atoms with Gasteiger partial charge >= 0.3 is 0 Å². The molecule has 0 aliphatic carbocycles. The van der Waals surface area contributed by atoms with Crippen LogP contribution in [0, 0.1) is 5.41 Å². The summed E-state index contributed by atoms with van der Waals surface area (Å²) in [6.45, 7) is 2.74. The van der Waals surface area contributed by atoms with Gasteiger partial charge in [-0.3, -0.25) is 5.41 Å². The molecule has 110 valence electrons. The Hall–Kier alpha value is -0.740. The lowest BCUT2D eigenvalue weighted by molar-refractivity contribution is 0.147. The Morgan fingerprint density at radius 3 is 2.55 bits per heavy atom. The largest absolute Gasteiger partial charge is 0.471 e. The zero-order chi connectivity index (χ0) is 15.0. The van der Waals surface area contributed by atoms with Crippen molar-refractivity contribution in [3.05, 3.63) is 48.0 Å². The molecule has 0 saturated heterocycles. The fourth-order valence-electron chi connectivity index (χ4n) is 1.36.